The molecule has 0 fully saturated rings. The van der Waals surface area contributed by atoms with Crippen LogP contribution in [0.2, 0.25) is 0 Å². The van der Waals surface area contributed by atoms with Crippen molar-refractivity contribution in [2.45, 2.75) is 20.4 Å². The van der Waals surface area contributed by atoms with Crippen molar-refractivity contribution in [1.29, 1.82) is 0 Å². The molecule has 1 rings (SSSR count). The molecule has 0 radical (unpaired) electrons. The smallest absolute Gasteiger partial charge is 0.315 e. The van der Waals surface area contributed by atoms with Crippen LogP contribution < -0.4 is 11.5 Å². The van der Waals surface area contributed by atoms with Crippen molar-refractivity contribution < 1.29 is 4.79 Å². The van der Waals surface area contributed by atoms with E-state index in [-0.39, 0.29) is 0 Å². The number of nitrogens with two attached hydrogens (primary N) is 2. The molecule has 0 atom stereocenters. The summed E-state index contributed by atoms with van der Waals surface area (Å²) in [6.45, 7) is 5.23. The number of rotatable bonds is 4. The summed E-state index contributed by atoms with van der Waals surface area (Å²) < 4.78 is 1.80. The molecule has 0 aliphatic heterocycles. The Balaban J connectivity index is 2.88. The molecule has 1 aromatic heterocycles. The molecule has 0 aromatic carbocycles. The maximum atomic E-state index is 11.2. The first-order valence-corrected chi connectivity index (χ1v) is 5.21. The second kappa shape index (κ2) is 4.98. The molecule has 6 heteroatoms. The van der Waals surface area contributed by atoms with Gasteiger partial charge in [-0.2, -0.15) is 5.10 Å². The molecule has 1 aromatic rings. The number of nitrogens with zero attached hydrogens (tertiary/aromatic N) is 3. The summed E-state index contributed by atoms with van der Waals surface area (Å²) in [5.74, 6) is 0. The zero-order valence-electron chi connectivity index (χ0n) is 10.0. The number of amides is 2. The van der Waals surface area contributed by atoms with Crippen molar-refractivity contribution in [3.05, 3.63) is 17.0 Å². The minimum Gasteiger partial charge on any atom is -0.351 e. The van der Waals surface area contributed by atoms with Gasteiger partial charge in [-0.3, -0.25) is 4.68 Å². The van der Waals surface area contributed by atoms with Crippen molar-refractivity contribution in [2.75, 3.05) is 13.1 Å². The molecule has 0 saturated heterocycles. The van der Waals surface area contributed by atoms with Crippen LogP contribution in [0.25, 0.3) is 0 Å². The van der Waals surface area contributed by atoms with E-state index in [1.165, 1.54) is 4.90 Å². The first-order valence-electron chi connectivity index (χ1n) is 5.21. The van der Waals surface area contributed by atoms with E-state index < -0.39 is 6.03 Å². The van der Waals surface area contributed by atoms with Crippen molar-refractivity contribution in [3.8, 4) is 0 Å². The van der Waals surface area contributed by atoms with Crippen LogP contribution in [-0.2, 0) is 13.6 Å². The molecule has 0 spiro atoms. The predicted octanol–water partition coefficient (Wildman–Crippen LogP) is -0.124. The van der Waals surface area contributed by atoms with Crippen LogP contribution in [0.5, 0.6) is 0 Å². The maximum Gasteiger partial charge on any atom is 0.315 e. The van der Waals surface area contributed by atoms with Crippen molar-refractivity contribution in [3.63, 3.8) is 0 Å². The molecule has 16 heavy (non-hydrogen) atoms. The molecular formula is C10H19N5O. The second-order valence-corrected chi connectivity index (χ2v) is 3.82. The lowest BCUT2D eigenvalue weighted by Gasteiger charge is -2.19. The van der Waals surface area contributed by atoms with Gasteiger partial charge in [0, 0.05) is 31.4 Å². The number of carbonyl (C=O) groups excluding carboxylic acids is 1. The van der Waals surface area contributed by atoms with Crippen LogP contribution >= 0.6 is 0 Å². The Morgan fingerprint density at radius 3 is 2.50 bits per heavy atom. The van der Waals surface area contributed by atoms with E-state index in [4.69, 9.17) is 11.5 Å². The van der Waals surface area contributed by atoms with Gasteiger partial charge in [0.2, 0.25) is 0 Å². The van der Waals surface area contributed by atoms with E-state index in [1.54, 1.807) is 4.68 Å². The van der Waals surface area contributed by atoms with Gasteiger partial charge in [0.05, 0.1) is 12.2 Å². The van der Waals surface area contributed by atoms with Crippen LogP contribution in [0.1, 0.15) is 17.0 Å². The molecule has 90 valence electrons. The average Bonchev–Trinajstić information content (AvgIpc) is 2.43. The first kappa shape index (κ1) is 12.5. The van der Waals surface area contributed by atoms with Gasteiger partial charge in [-0.05, 0) is 13.8 Å². The van der Waals surface area contributed by atoms with Crippen LogP contribution in [0.3, 0.4) is 0 Å². The van der Waals surface area contributed by atoms with Crippen LogP contribution in [-0.4, -0.2) is 33.8 Å². The zero-order valence-corrected chi connectivity index (χ0v) is 10.0. The van der Waals surface area contributed by atoms with Gasteiger partial charge >= 0.3 is 6.03 Å². The summed E-state index contributed by atoms with van der Waals surface area (Å²) in [6, 6.07) is -0.451. The SMILES string of the molecule is Cc1nn(C)c(C)c1CN(CCN)C(N)=O. The van der Waals surface area contributed by atoms with Crippen molar-refractivity contribution in [2.24, 2.45) is 18.5 Å². The maximum absolute atomic E-state index is 11.2. The highest BCUT2D eigenvalue weighted by Crippen LogP contribution is 2.14. The Morgan fingerprint density at radius 1 is 1.50 bits per heavy atom. The number of aryl methyl sites for hydroxylation is 2. The van der Waals surface area contributed by atoms with Gasteiger partial charge in [-0.15, -0.1) is 0 Å². The van der Waals surface area contributed by atoms with Crippen LogP contribution in [0.15, 0.2) is 0 Å². The first-order chi connectivity index (χ1) is 7.47. The number of primary amides is 1. The highest BCUT2D eigenvalue weighted by atomic mass is 16.2. The van der Waals surface area contributed by atoms with Gasteiger partial charge in [0.15, 0.2) is 0 Å². The fourth-order valence-electron chi connectivity index (χ4n) is 1.66. The summed E-state index contributed by atoms with van der Waals surface area (Å²) in [6.07, 6.45) is 0. The number of hydrogen-bond donors (Lipinski definition) is 2. The fraction of sp³-hybridized carbons (Fsp3) is 0.600. The molecule has 4 N–H and O–H groups in total. The molecule has 0 bridgehead atoms. The molecule has 0 saturated carbocycles. The van der Waals surface area contributed by atoms with Crippen LogP contribution in [0, 0.1) is 13.8 Å². The minimum absolute atomic E-state index is 0.404. The van der Waals surface area contributed by atoms with E-state index in [1.807, 2.05) is 20.9 Å². The normalized spacial score (nSPS) is 10.5. The highest BCUT2D eigenvalue weighted by molar-refractivity contribution is 5.72. The third-order valence-corrected chi connectivity index (χ3v) is 2.72. The van der Waals surface area contributed by atoms with Gasteiger partial charge < -0.3 is 16.4 Å². The fourth-order valence-corrected chi connectivity index (χ4v) is 1.66. The Kier molecular flexibility index (Phi) is 3.89. The summed E-state index contributed by atoms with van der Waals surface area (Å²) in [7, 11) is 1.88. The largest absolute Gasteiger partial charge is 0.351 e. The Bertz CT molecular complexity index is 385. The molecule has 0 aliphatic rings. The van der Waals surface area contributed by atoms with E-state index in [2.05, 4.69) is 5.10 Å². The molecule has 2 amide bonds. The Labute approximate surface area is 95.2 Å². The second-order valence-electron chi connectivity index (χ2n) is 3.82. The van der Waals surface area contributed by atoms with Gasteiger partial charge in [-0.25, -0.2) is 4.79 Å². The van der Waals surface area contributed by atoms with Crippen LogP contribution in [0.4, 0.5) is 4.79 Å². The third-order valence-electron chi connectivity index (χ3n) is 2.72. The molecule has 1 heterocycles. The minimum atomic E-state index is -0.451. The number of urea groups is 1. The quantitative estimate of drug-likeness (QED) is 0.748. The summed E-state index contributed by atoms with van der Waals surface area (Å²) in [4.78, 5) is 12.7. The number of carbonyl (C=O) groups is 1. The third kappa shape index (κ3) is 2.52. The van der Waals surface area contributed by atoms with Crippen molar-refractivity contribution in [1.82, 2.24) is 14.7 Å². The van der Waals surface area contributed by atoms with E-state index >= 15 is 0 Å². The summed E-state index contributed by atoms with van der Waals surface area (Å²) in [5, 5.41) is 4.29. The predicted molar refractivity (Wildman–Crippen MR) is 61.7 cm³/mol. The topological polar surface area (TPSA) is 90.2 Å². The van der Waals surface area contributed by atoms with E-state index in [9.17, 15) is 4.79 Å². The summed E-state index contributed by atoms with van der Waals surface area (Å²) in [5.41, 5.74) is 13.7. The summed E-state index contributed by atoms with van der Waals surface area (Å²) >= 11 is 0. The molecular weight excluding hydrogens is 206 g/mol. The number of hydrogen-bond acceptors (Lipinski definition) is 3. The lowest BCUT2D eigenvalue weighted by molar-refractivity contribution is 0.206. The molecule has 0 unspecified atom stereocenters. The van der Waals surface area contributed by atoms with E-state index in [0.717, 1.165) is 17.0 Å². The Morgan fingerprint density at radius 2 is 2.12 bits per heavy atom. The van der Waals surface area contributed by atoms with Crippen molar-refractivity contribution >= 4 is 6.03 Å². The lowest BCUT2D eigenvalue weighted by atomic mass is 10.2. The lowest BCUT2D eigenvalue weighted by Crippen LogP contribution is -2.38. The van der Waals surface area contributed by atoms with Gasteiger partial charge in [-0.1, -0.05) is 0 Å². The standard InChI is InChI=1S/C10H19N5O/c1-7-9(8(2)14(3)13-7)6-15(5-4-11)10(12)16/h4-6,11H2,1-3H3,(H2,12,16). The zero-order chi connectivity index (χ0) is 12.3. The average molecular weight is 225 g/mol. The Hall–Kier alpha value is -1.56. The highest BCUT2D eigenvalue weighted by Gasteiger charge is 2.15. The monoisotopic (exact) mass is 225 g/mol. The van der Waals surface area contributed by atoms with E-state index in [0.29, 0.717) is 19.6 Å². The number of aromatic nitrogens is 2. The van der Waals surface area contributed by atoms with Gasteiger partial charge in [0.25, 0.3) is 0 Å². The van der Waals surface area contributed by atoms with Gasteiger partial charge in [0.1, 0.15) is 0 Å². The molecule has 0 aliphatic carbocycles. The molecule has 6 nitrogen and oxygen atoms in total.